The number of carbonyl (C=O) groups is 1. The standard InChI is InChI=1S/C26H37NO4S/c1-31-25(30)13-5-3-2-4-9-20-19(18-27)17-22(28)21(20)10-6-11-23(29)26(14-8-15-26)24-12-7-16-32-24/h6-7,10,12,16,19-23,28-29H,2-5,8-9,11,13-15,17H2,1H3/b10-6+/t19?,20-,21?,22+,23?/m0/s1. The monoisotopic (exact) mass is 459 g/mol. The number of nitrogens with zero attached hydrogens (tertiary/aromatic N) is 1. The van der Waals surface area contributed by atoms with E-state index < -0.39 is 12.2 Å². The van der Waals surface area contributed by atoms with Crippen LogP contribution in [0, 0.1) is 29.1 Å². The van der Waals surface area contributed by atoms with Crippen LogP contribution in [-0.2, 0) is 14.9 Å². The number of hydrogen-bond acceptors (Lipinski definition) is 6. The lowest BCUT2D eigenvalue weighted by Gasteiger charge is -2.45. The van der Waals surface area contributed by atoms with Gasteiger partial charge in [-0.1, -0.05) is 43.9 Å². The molecule has 3 rings (SSSR count). The minimum Gasteiger partial charge on any atom is -0.469 e. The third-order valence-corrected chi connectivity index (χ3v) is 8.72. The van der Waals surface area contributed by atoms with Gasteiger partial charge < -0.3 is 14.9 Å². The van der Waals surface area contributed by atoms with Crippen molar-refractivity contribution in [1.82, 2.24) is 0 Å². The van der Waals surface area contributed by atoms with Gasteiger partial charge in [-0.15, -0.1) is 11.3 Å². The number of methoxy groups -OCH3 is 1. The molecule has 1 aromatic rings. The predicted molar refractivity (Wildman–Crippen MR) is 126 cm³/mol. The summed E-state index contributed by atoms with van der Waals surface area (Å²) < 4.78 is 4.67. The molecule has 0 radical (unpaired) electrons. The Morgan fingerprint density at radius 3 is 2.78 bits per heavy atom. The van der Waals surface area contributed by atoms with Gasteiger partial charge in [0.2, 0.25) is 0 Å². The lowest BCUT2D eigenvalue weighted by molar-refractivity contribution is -0.140. The van der Waals surface area contributed by atoms with E-state index in [1.54, 1.807) is 11.3 Å². The van der Waals surface area contributed by atoms with Crippen molar-refractivity contribution in [3.05, 3.63) is 34.5 Å². The molecule has 3 unspecified atom stereocenters. The van der Waals surface area contributed by atoms with Crippen molar-refractivity contribution in [3.63, 3.8) is 0 Å². The fourth-order valence-electron chi connectivity index (χ4n) is 5.52. The number of hydrogen-bond donors (Lipinski definition) is 2. The van der Waals surface area contributed by atoms with E-state index >= 15 is 0 Å². The molecule has 2 N–H and O–H groups in total. The second-order valence-corrected chi connectivity index (χ2v) is 10.4. The van der Waals surface area contributed by atoms with Crippen LogP contribution in [0.5, 0.6) is 0 Å². The molecule has 176 valence electrons. The molecule has 0 saturated heterocycles. The summed E-state index contributed by atoms with van der Waals surface area (Å²) in [5.41, 5.74) is -0.106. The largest absolute Gasteiger partial charge is 0.469 e. The molecule has 2 aliphatic carbocycles. The number of aliphatic hydroxyl groups is 2. The van der Waals surface area contributed by atoms with Crippen molar-refractivity contribution < 1.29 is 19.7 Å². The molecule has 0 amide bonds. The average molecular weight is 460 g/mol. The number of ether oxygens (including phenoxy) is 1. The van der Waals surface area contributed by atoms with Crippen molar-refractivity contribution in [1.29, 1.82) is 5.26 Å². The van der Waals surface area contributed by atoms with Gasteiger partial charge in [0.1, 0.15) is 0 Å². The molecule has 2 aliphatic rings. The molecule has 0 spiro atoms. The number of unbranched alkanes of at least 4 members (excludes halogenated alkanes) is 3. The van der Waals surface area contributed by atoms with Crippen molar-refractivity contribution in [2.75, 3.05) is 7.11 Å². The maximum absolute atomic E-state index is 11.2. The second kappa shape index (κ2) is 12.0. The van der Waals surface area contributed by atoms with Gasteiger partial charge in [0.25, 0.3) is 0 Å². The number of nitriles is 1. The van der Waals surface area contributed by atoms with Gasteiger partial charge in [-0.3, -0.25) is 4.79 Å². The third-order valence-electron chi connectivity index (χ3n) is 7.63. The van der Waals surface area contributed by atoms with Gasteiger partial charge in [-0.05, 0) is 55.9 Å². The van der Waals surface area contributed by atoms with Gasteiger partial charge in [0.15, 0.2) is 0 Å². The SMILES string of the molecule is COC(=O)CCCCCC[C@H]1C(C#N)C[C@@H](O)C1/C=C/CC(O)C1(c2cccs2)CCC1. The molecule has 5 atom stereocenters. The van der Waals surface area contributed by atoms with Crippen LogP contribution < -0.4 is 0 Å². The summed E-state index contributed by atoms with van der Waals surface area (Å²) in [6, 6.07) is 6.60. The highest BCUT2D eigenvalue weighted by Crippen LogP contribution is 2.49. The van der Waals surface area contributed by atoms with Crippen molar-refractivity contribution in [2.45, 2.75) is 88.3 Å². The van der Waals surface area contributed by atoms with Crippen LogP contribution in [0.3, 0.4) is 0 Å². The third kappa shape index (κ3) is 5.81. The van der Waals surface area contributed by atoms with Crippen molar-refractivity contribution >= 4 is 17.3 Å². The Bertz CT molecular complexity index is 780. The normalized spacial score (nSPS) is 27.7. The lowest BCUT2D eigenvalue weighted by atomic mass is 9.63. The zero-order chi connectivity index (χ0) is 23.0. The van der Waals surface area contributed by atoms with E-state index in [-0.39, 0.29) is 29.1 Å². The highest BCUT2D eigenvalue weighted by atomic mass is 32.1. The molecule has 32 heavy (non-hydrogen) atoms. The Morgan fingerprint density at radius 1 is 1.38 bits per heavy atom. The number of aliphatic hydroxyl groups excluding tert-OH is 2. The summed E-state index contributed by atoms with van der Waals surface area (Å²) in [6.07, 6.45) is 12.7. The van der Waals surface area contributed by atoms with E-state index in [4.69, 9.17) is 0 Å². The first-order valence-corrected chi connectivity index (χ1v) is 12.9. The smallest absolute Gasteiger partial charge is 0.305 e. The minimum absolute atomic E-state index is 0.0269. The molecule has 0 aromatic carbocycles. The van der Waals surface area contributed by atoms with E-state index in [2.05, 4.69) is 34.4 Å². The predicted octanol–water partition coefficient (Wildman–Crippen LogP) is 5.13. The molecule has 0 aliphatic heterocycles. The molecule has 5 nitrogen and oxygen atoms in total. The van der Waals surface area contributed by atoms with Gasteiger partial charge >= 0.3 is 5.97 Å². The maximum atomic E-state index is 11.2. The van der Waals surface area contributed by atoms with Crippen LogP contribution in [0.1, 0.15) is 75.5 Å². The van der Waals surface area contributed by atoms with E-state index in [1.165, 1.54) is 12.0 Å². The van der Waals surface area contributed by atoms with Crippen LogP contribution in [0.15, 0.2) is 29.7 Å². The van der Waals surface area contributed by atoms with Gasteiger partial charge in [-0.2, -0.15) is 5.26 Å². The number of rotatable bonds is 12. The molecule has 0 bridgehead atoms. The Balaban J connectivity index is 1.51. The number of esters is 1. The molecule has 6 heteroatoms. The van der Waals surface area contributed by atoms with Crippen LogP contribution >= 0.6 is 11.3 Å². The Morgan fingerprint density at radius 2 is 2.16 bits per heavy atom. The first-order chi connectivity index (χ1) is 15.5. The fraction of sp³-hybridized carbons (Fsp3) is 0.692. The van der Waals surface area contributed by atoms with E-state index in [1.807, 2.05) is 6.08 Å². The lowest BCUT2D eigenvalue weighted by Crippen LogP contribution is -2.44. The maximum Gasteiger partial charge on any atom is 0.305 e. The topological polar surface area (TPSA) is 90.6 Å². The van der Waals surface area contributed by atoms with Gasteiger partial charge in [0, 0.05) is 22.6 Å². The Labute approximate surface area is 196 Å². The van der Waals surface area contributed by atoms with E-state index in [0.29, 0.717) is 19.3 Å². The molecule has 1 heterocycles. The average Bonchev–Trinajstić information content (AvgIpc) is 3.38. The molecule has 2 saturated carbocycles. The summed E-state index contributed by atoms with van der Waals surface area (Å²) in [4.78, 5) is 12.5. The molecule has 2 fully saturated rings. The van der Waals surface area contributed by atoms with Gasteiger partial charge in [0.05, 0.1) is 31.3 Å². The number of carbonyl (C=O) groups excluding carboxylic acids is 1. The fourth-order valence-corrected chi connectivity index (χ4v) is 6.55. The summed E-state index contributed by atoms with van der Waals surface area (Å²) in [5.74, 6) is -0.160. The second-order valence-electron chi connectivity index (χ2n) is 9.48. The zero-order valence-corrected chi connectivity index (χ0v) is 19.9. The summed E-state index contributed by atoms with van der Waals surface area (Å²) >= 11 is 1.73. The first kappa shape index (κ1) is 25.0. The van der Waals surface area contributed by atoms with Crippen LogP contribution in [0.25, 0.3) is 0 Å². The first-order valence-electron chi connectivity index (χ1n) is 12.0. The number of thiophene rings is 1. The minimum atomic E-state index is -0.493. The molecular formula is C26H37NO4S. The zero-order valence-electron chi connectivity index (χ0n) is 19.1. The van der Waals surface area contributed by atoms with Crippen LogP contribution in [0.4, 0.5) is 0 Å². The summed E-state index contributed by atoms with van der Waals surface area (Å²) in [7, 11) is 1.41. The highest BCUT2D eigenvalue weighted by Gasteiger charge is 2.45. The highest BCUT2D eigenvalue weighted by molar-refractivity contribution is 7.10. The van der Waals surface area contributed by atoms with Crippen LogP contribution in [0.2, 0.25) is 0 Å². The van der Waals surface area contributed by atoms with E-state index in [0.717, 1.165) is 51.4 Å². The summed E-state index contributed by atoms with van der Waals surface area (Å²) in [6.45, 7) is 0. The van der Waals surface area contributed by atoms with E-state index in [9.17, 15) is 20.3 Å². The van der Waals surface area contributed by atoms with Crippen LogP contribution in [-0.4, -0.2) is 35.5 Å². The molecule has 1 aromatic heterocycles. The Kier molecular flexibility index (Phi) is 9.34. The Hall–Kier alpha value is -1.68. The van der Waals surface area contributed by atoms with Crippen molar-refractivity contribution in [2.24, 2.45) is 17.8 Å². The van der Waals surface area contributed by atoms with Gasteiger partial charge in [-0.25, -0.2) is 0 Å². The quantitative estimate of drug-likeness (QED) is 0.257. The summed E-state index contributed by atoms with van der Waals surface area (Å²) in [5, 5.41) is 33.3. The van der Waals surface area contributed by atoms with Crippen molar-refractivity contribution in [3.8, 4) is 6.07 Å². The molecular weight excluding hydrogens is 422 g/mol.